The molecule has 1 aliphatic carbocycles. The van der Waals surface area contributed by atoms with E-state index in [1.807, 2.05) is 57.2 Å². The summed E-state index contributed by atoms with van der Waals surface area (Å²) in [7, 11) is -3.68. The zero-order valence-corrected chi connectivity index (χ0v) is 25.4. The topological polar surface area (TPSA) is 140 Å². The van der Waals surface area contributed by atoms with Crippen molar-refractivity contribution in [2.45, 2.75) is 56.3 Å². The van der Waals surface area contributed by atoms with Gasteiger partial charge in [0.1, 0.15) is 11.4 Å². The van der Waals surface area contributed by atoms with Gasteiger partial charge in [-0.05, 0) is 74.9 Å². The zero-order chi connectivity index (χ0) is 29.9. The van der Waals surface area contributed by atoms with E-state index in [4.69, 9.17) is 21.1 Å². The minimum Gasteiger partial charge on any atom is -0.465 e. The third-order valence-electron chi connectivity index (χ3n) is 7.29. The molecule has 42 heavy (non-hydrogen) atoms. The van der Waals surface area contributed by atoms with E-state index in [1.165, 1.54) is 23.5 Å². The summed E-state index contributed by atoms with van der Waals surface area (Å²) in [5, 5.41) is 12.0. The summed E-state index contributed by atoms with van der Waals surface area (Å²) in [4.78, 5) is 21.0. The van der Waals surface area contributed by atoms with Crippen LogP contribution in [-0.4, -0.2) is 47.2 Å². The van der Waals surface area contributed by atoms with Crippen molar-refractivity contribution in [1.29, 1.82) is 0 Å². The minimum atomic E-state index is -3.68. The van der Waals surface area contributed by atoms with Crippen LogP contribution in [0.3, 0.4) is 0 Å². The Balaban J connectivity index is 1.44. The molecule has 220 valence electrons. The van der Waals surface area contributed by atoms with Gasteiger partial charge in [0.2, 0.25) is 10.0 Å². The molecule has 3 N–H and O–H groups in total. The second-order valence-corrected chi connectivity index (χ2v) is 14.6. The number of aromatic nitrogens is 2. The Labute approximate surface area is 252 Å². The van der Waals surface area contributed by atoms with E-state index in [9.17, 15) is 18.3 Å². The summed E-state index contributed by atoms with van der Waals surface area (Å²) < 4.78 is 42.1. The number of anilines is 1. The van der Waals surface area contributed by atoms with E-state index >= 15 is 0 Å². The minimum absolute atomic E-state index is 0.0371. The lowest BCUT2D eigenvalue weighted by atomic mass is 9.96. The highest BCUT2D eigenvalue weighted by atomic mass is 35.5. The van der Waals surface area contributed by atoms with E-state index in [1.54, 1.807) is 6.20 Å². The van der Waals surface area contributed by atoms with Crippen molar-refractivity contribution in [3.8, 4) is 11.3 Å². The first-order chi connectivity index (χ1) is 19.8. The Bertz CT molecular complexity index is 1810. The molecular formula is C29H29ClN4O6S2. The van der Waals surface area contributed by atoms with Gasteiger partial charge >= 0.3 is 6.09 Å². The first-order valence-corrected chi connectivity index (χ1v) is 16.1. The summed E-state index contributed by atoms with van der Waals surface area (Å²) in [6.45, 7) is 6.17. The SMILES string of the molecule is CC1(C)OCC(C)(c2ccnc(-c3cccc4cc(C(NS(=O)(=O)C5CC5)c5nc(NC(=O)O)ccc5Cl)sc34)c2)O1. The maximum absolute atomic E-state index is 13.1. The molecule has 1 saturated carbocycles. The van der Waals surface area contributed by atoms with Gasteiger partial charge in [-0.25, -0.2) is 22.9 Å². The van der Waals surface area contributed by atoms with Crippen LogP contribution in [0.2, 0.25) is 5.02 Å². The predicted molar refractivity (Wildman–Crippen MR) is 161 cm³/mol. The molecule has 2 fully saturated rings. The van der Waals surface area contributed by atoms with Gasteiger partial charge in [0.15, 0.2) is 5.79 Å². The van der Waals surface area contributed by atoms with Crippen LogP contribution in [0.4, 0.5) is 10.6 Å². The molecule has 10 nitrogen and oxygen atoms in total. The Morgan fingerprint density at radius 3 is 2.64 bits per heavy atom. The molecule has 1 saturated heterocycles. The molecule has 1 aromatic carbocycles. The molecule has 6 rings (SSSR count). The number of sulfonamides is 1. The maximum Gasteiger partial charge on any atom is 0.410 e. The standard InChI is InChI=1S/C29H29ClN4O6S2/c1-28(2)39-15-29(3,40-28)17-11-12-31-21(14-17)19-6-4-5-16-13-22(41-26(16)19)25(34-42(37,38)18-7-8-18)24-20(30)9-10-23(32-24)33-27(35)36/h4-6,9-14,18,25,34H,7-8,15H2,1-3H3,(H,32,33)(H,35,36). The Hall–Kier alpha value is -3.13. The molecule has 4 aromatic rings. The summed E-state index contributed by atoms with van der Waals surface area (Å²) in [6, 6.07) is 13.6. The Kier molecular flexibility index (Phi) is 7.27. The quantitative estimate of drug-likeness (QED) is 0.207. The molecule has 2 atom stereocenters. The molecule has 13 heteroatoms. The number of benzene rings is 1. The maximum atomic E-state index is 13.1. The molecule has 1 aliphatic heterocycles. The number of carbonyl (C=O) groups is 1. The number of halogens is 1. The van der Waals surface area contributed by atoms with Crippen LogP contribution in [-0.2, 0) is 25.1 Å². The lowest BCUT2D eigenvalue weighted by Gasteiger charge is -2.25. The molecule has 2 aliphatic rings. The van der Waals surface area contributed by atoms with Crippen LogP contribution >= 0.6 is 22.9 Å². The first kappa shape index (κ1) is 29.0. The average molecular weight is 629 g/mol. The number of fused-ring (bicyclic) bond motifs is 1. The van der Waals surface area contributed by atoms with Crippen molar-refractivity contribution in [2.24, 2.45) is 0 Å². The van der Waals surface area contributed by atoms with Crippen LogP contribution in [0.5, 0.6) is 0 Å². The number of carboxylic acid groups (broad SMARTS) is 1. The fourth-order valence-corrected chi connectivity index (χ4v) is 8.16. The second kappa shape index (κ2) is 10.5. The van der Waals surface area contributed by atoms with E-state index in [-0.39, 0.29) is 16.5 Å². The number of hydrogen-bond donors (Lipinski definition) is 3. The lowest BCUT2D eigenvalue weighted by Crippen LogP contribution is -2.32. The molecule has 2 unspecified atom stereocenters. The summed E-state index contributed by atoms with van der Waals surface area (Å²) in [6.07, 6.45) is 1.61. The molecule has 4 heterocycles. The molecule has 0 radical (unpaired) electrons. The third kappa shape index (κ3) is 5.75. The van der Waals surface area contributed by atoms with Gasteiger partial charge in [-0.2, -0.15) is 0 Å². The van der Waals surface area contributed by atoms with Crippen molar-refractivity contribution in [3.63, 3.8) is 0 Å². The van der Waals surface area contributed by atoms with Crippen molar-refractivity contribution >= 4 is 55.0 Å². The van der Waals surface area contributed by atoms with Crippen LogP contribution in [0.1, 0.15) is 55.8 Å². The van der Waals surface area contributed by atoms with E-state index < -0.39 is 38.8 Å². The van der Waals surface area contributed by atoms with Crippen molar-refractivity contribution in [3.05, 3.63) is 75.9 Å². The summed E-state index contributed by atoms with van der Waals surface area (Å²) in [5.74, 6) is -0.661. The van der Waals surface area contributed by atoms with Crippen molar-refractivity contribution < 1.29 is 27.8 Å². The van der Waals surface area contributed by atoms with Gasteiger partial charge in [-0.1, -0.05) is 29.8 Å². The predicted octanol–water partition coefficient (Wildman–Crippen LogP) is 6.27. The van der Waals surface area contributed by atoms with E-state index in [2.05, 4.69) is 20.0 Å². The molecule has 0 spiro atoms. The number of thiophene rings is 1. The summed E-state index contributed by atoms with van der Waals surface area (Å²) in [5.41, 5.74) is 2.10. The summed E-state index contributed by atoms with van der Waals surface area (Å²) >= 11 is 7.94. The van der Waals surface area contributed by atoms with Crippen LogP contribution in [0.25, 0.3) is 21.3 Å². The van der Waals surface area contributed by atoms with Gasteiger partial charge in [-0.15, -0.1) is 11.3 Å². The number of ether oxygens (including phenoxy) is 2. The number of rotatable bonds is 8. The van der Waals surface area contributed by atoms with Gasteiger partial charge in [0.05, 0.1) is 34.3 Å². The van der Waals surface area contributed by atoms with Crippen molar-refractivity contribution in [2.75, 3.05) is 11.9 Å². The Morgan fingerprint density at radius 2 is 1.95 bits per heavy atom. The first-order valence-electron chi connectivity index (χ1n) is 13.3. The van der Waals surface area contributed by atoms with E-state index in [0.717, 1.165) is 26.9 Å². The van der Waals surface area contributed by atoms with Crippen LogP contribution < -0.4 is 10.0 Å². The smallest absolute Gasteiger partial charge is 0.410 e. The van der Waals surface area contributed by atoms with Crippen molar-refractivity contribution in [1.82, 2.24) is 14.7 Å². The molecule has 1 amide bonds. The highest BCUT2D eigenvalue weighted by Crippen LogP contribution is 2.43. The second-order valence-electron chi connectivity index (χ2n) is 11.1. The molecule has 0 bridgehead atoms. The average Bonchev–Trinajstić information content (AvgIpc) is 3.64. The largest absolute Gasteiger partial charge is 0.465 e. The Morgan fingerprint density at radius 1 is 1.17 bits per heavy atom. The highest BCUT2D eigenvalue weighted by Gasteiger charge is 2.43. The zero-order valence-electron chi connectivity index (χ0n) is 23.0. The van der Waals surface area contributed by atoms with Crippen LogP contribution in [0, 0.1) is 0 Å². The fraction of sp³-hybridized carbons (Fsp3) is 0.345. The lowest BCUT2D eigenvalue weighted by molar-refractivity contribution is -0.159. The number of nitrogens with one attached hydrogen (secondary N) is 2. The van der Waals surface area contributed by atoms with Crippen LogP contribution in [0.15, 0.2) is 54.7 Å². The normalized spacial score (nSPS) is 21.0. The molecular weight excluding hydrogens is 600 g/mol. The number of amides is 1. The van der Waals surface area contributed by atoms with Gasteiger partial charge < -0.3 is 14.6 Å². The number of hydrogen-bond acceptors (Lipinski definition) is 8. The number of nitrogens with zero attached hydrogens (tertiary/aromatic N) is 2. The van der Waals surface area contributed by atoms with Gasteiger partial charge in [0.25, 0.3) is 0 Å². The third-order valence-corrected chi connectivity index (χ3v) is 10.8. The molecule has 3 aromatic heterocycles. The number of pyridine rings is 2. The van der Waals surface area contributed by atoms with E-state index in [0.29, 0.717) is 24.3 Å². The highest BCUT2D eigenvalue weighted by molar-refractivity contribution is 7.90. The fourth-order valence-electron chi connectivity index (χ4n) is 5.12. The monoisotopic (exact) mass is 628 g/mol. The van der Waals surface area contributed by atoms with Gasteiger partial charge in [-0.3, -0.25) is 10.3 Å². The van der Waals surface area contributed by atoms with Gasteiger partial charge in [0, 0.05) is 21.3 Å².